The number of hydrogen-bond donors (Lipinski definition) is 2. The average molecular weight is 329 g/mol. The highest BCUT2D eigenvalue weighted by atomic mass is 35.5. The first kappa shape index (κ1) is 16.2. The van der Waals surface area contributed by atoms with Gasteiger partial charge in [-0.2, -0.15) is 0 Å². The monoisotopic (exact) mass is 328 g/mol. The Hall–Kier alpha value is -1.17. The molecule has 2 heterocycles. The van der Waals surface area contributed by atoms with Gasteiger partial charge in [0.2, 0.25) is 0 Å². The maximum absolute atomic E-state index is 13.8. The summed E-state index contributed by atoms with van der Waals surface area (Å²) in [6, 6.07) is 5.15. The van der Waals surface area contributed by atoms with Crippen LogP contribution in [0.2, 0.25) is 0 Å². The minimum absolute atomic E-state index is 0. The number of carbonyl (C=O) groups is 1. The van der Waals surface area contributed by atoms with Gasteiger partial charge in [0.05, 0.1) is 4.88 Å². The number of benzene rings is 1. The summed E-state index contributed by atoms with van der Waals surface area (Å²) < 4.78 is 14.7. The fraction of sp³-hybridized carbons (Fsp3) is 0.400. The van der Waals surface area contributed by atoms with Crippen molar-refractivity contribution < 1.29 is 9.18 Å². The Balaban J connectivity index is 0.00000161. The van der Waals surface area contributed by atoms with Gasteiger partial charge in [0.15, 0.2) is 0 Å². The SMILES string of the molecule is Cc1c(C(=O)N[C@H]2CCCNC2)sc2cccc(F)c12.Cl. The van der Waals surface area contributed by atoms with Crippen LogP contribution >= 0.6 is 23.7 Å². The summed E-state index contributed by atoms with van der Waals surface area (Å²) in [6.45, 7) is 3.64. The second-order valence-electron chi connectivity index (χ2n) is 5.19. The molecule has 2 N–H and O–H groups in total. The lowest BCUT2D eigenvalue weighted by atomic mass is 10.1. The molecule has 0 unspecified atom stereocenters. The zero-order valence-electron chi connectivity index (χ0n) is 11.7. The molecule has 0 aliphatic carbocycles. The maximum atomic E-state index is 13.8. The molecule has 1 aliphatic heterocycles. The highest BCUT2D eigenvalue weighted by Crippen LogP contribution is 2.32. The molecule has 6 heteroatoms. The van der Waals surface area contributed by atoms with Gasteiger partial charge in [-0.15, -0.1) is 23.7 Å². The fourth-order valence-electron chi connectivity index (χ4n) is 2.70. The molecule has 0 saturated carbocycles. The highest BCUT2D eigenvalue weighted by molar-refractivity contribution is 7.21. The zero-order valence-corrected chi connectivity index (χ0v) is 13.4. The van der Waals surface area contributed by atoms with E-state index in [0.717, 1.165) is 36.2 Å². The van der Waals surface area contributed by atoms with Crippen LogP contribution in [0.3, 0.4) is 0 Å². The first-order valence-electron chi connectivity index (χ1n) is 6.86. The summed E-state index contributed by atoms with van der Waals surface area (Å²) in [7, 11) is 0. The lowest BCUT2D eigenvalue weighted by molar-refractivity contribution is 0.0934. The van der Waals surface area contributed by atoms with E-state index in [0.29, 0.717) is 10.3 Å². The third-order valence-corrected chi connectivity index (χ3v) is 5.00. The molecule has 1 atom stereocenters. The Kier molecular flexibility index (Phi) is 5.19. The second-order valence-corrected chi connectivity index (χ2v) is 6.24. The third kappa shape index (κ3) is 3.20. The third-order valence-electron chi connectivity index (χ3n) is 3.74. The number of aryl methyl sites for hydroxylation is 1. The molecule has 1 aromatic heterocycles. The molecule has 1 saturated heterocycles. The molecule has 0 radical (unpaired) electrons. The molecule has 1 aromatic carbocycles. The van der Waals surface area contributed by atoms with Crippen molar-refractivity contribution in [2.45, 2.75) is 25.8 Å². The van der Waals surface area contributed by atoms with Crippen LogP contribution in [0.4, 0.5) is 4.39 Å². The zero-order chi connectivity index (χ0) is 14.1. The molecule has 3 rings (SSSR count). The summed E-state index contributed by atoms with van der Waals surface area (Å²) >= 11 is 1.36. The molecule has 3 nitrogen and oxygen atoms in total. The van der Waals surface area contributed by atoms with E-state index in [9.17, 15) is 9.18 Å². The molecular formula is C15H18ClFN2OS. The Labute approximate surface area is 133 Å². The van der Waals surface area contributed by atoms with Gasteiger partial charge in [-0.3, -0.25) is 4.79 Å². The Bertz CT molecular complexity index is 652. The predicted octanol–water partition coefficient (Wildman–Crippen LogP) is 3.25. The highest BCUT2D eigenvalue weighted by Gasteiger charge is 2.21. The largest absolute Gasteiger partial charge is 0.347 e. The van der Waals surface area contributed by atoms with Gasteiger partial charge >= 0.3 is 0 Å². The van der Waals surface area contributed by atoms with E-state index in [1.807, 2.05) is 13.0 Å². The lowest BCUT2D eigenvalue weighted by Gasteiger charge is -2.23. The van der Waals surface area contributed by atoms with E-state index in [4.69, 9.17) is 0 Å². The van der Waals surface area contributed by atoms with Crippen LogP contribution < -0.4 is 10.6 Å². The average Bonchev–Trinajstić information content (AvgIpc) is 2.79. The van der Waals surface area contributed by atoms with Crippen LogP contribution in [-0.4, -0.2) is 25.0 Å². The number of carbonyl (C=O) groups excluding carboxylic acids is 1. The van der Waals surface area contributed by atoms with Gasteiger partial charge in [0.25, 0.3) is 5.91 Å². The summed E-state index contributed by atoms with van der Waals surface area (Å²) in [6.07, 6.45) is 2.07. The Morgan fingerprint density at radius 2 is 2.29 bits per heavy atom. The number of thiophene rings is 1. The van der Waals surface area contributed by atoms with E-state index in [2.05, 4.69) is 10.6 Å². The number of fused-ring (bicyclic) bond motifs is 1. The van der Waals surface area contributed by atoms with Crippen LogP contribution in [0.25, 0.3) is 10.1 Å². The van der Waals surface area contributed by atoms with E-state index in [1.54, 1.807) is 6.07 Å². The van der Waals surface area contributed by atoms with Gasteiger partial charge in [-0.1, -0.05) is 6.07 Å². The Morgan fingerprint density at radius 1 is 1.48 bits per heavy atom. The lowest BCUT2D eigenvalue weighted by Crippen LogP contribution is -2.45. The summed E-state index contributed by atoms with van der Waals surface area (Å²) in [4.78, 5) is 13.0. The number of nitrogens with one attached hydrogen (secondary N) is 2. The second kappa shape index (κ2) is 6.73. The van der Waals surface area contributed by atoms with Gasteiger partial charge < -0.3 is 10.6 Å². The molecule has 0 spiro atoms. The number of rotatable bonds is 2. The minimum Gasteiger partial charge on any atom is -0.347 e. The van der Waals surface area contributed by atoms with Gasteiger partial charge in [0.1, 0.15) is 5.82 Å². The van der Waals surface area contributed by atoms with Crippen molar-refractivity contribution in [1.29, 1.82) is 0 Å². The Morgan fingerprint density at radius 3 is 2.95 bits per heavy atom. The maximum Gasteiger partial charge on any atom is 0.261 e. The van der Waals surface area contributed by atoms with E-state index < -0.39 is 0 Å². The molecule has 1 amide bonds. The van der Waals surface area contributed by atoms with Gasteiger partial charge in [0, 0.05) is 22.7 Å². The molecule has 114 valence electrons. The van der Waals surface area contributed by atoms with Crippen molar-refractivity contribution in [3.05, 3.63) is 34.5 Å². The van der Waals surface area contributed by atoms with E-state index in [-0.39, 0.29) is 30.2 Å². The summed E-state index contributed by atoms with van der Waals surface area (Å²) in [5.74, 6) is -0.341. The minimum atomic E-state index is -0.255. The molecule has 1 fully saturated rings. The summed E-state index contributed by atoms with van der Waals surface area (Å²) in [5, 5.41) is 6.89. The van der Waals surface area contributed by atoms with Crippen LogP contribution in [0.1, 0.15) is 28.1 Å². The molecule has 1 aliphatic rings. The van der Waals surface area contributed by atoms with E-state index >= 15 is 0 Å². The van der Waals surface area contributed by atoms with Crippen LogP contribution in [0.5, 0.6) is 0 Å². The van der Waals surface area contributed by atoms with Gasteiger partial charge in [-0.25, -0.2) is 4.39 Å². The van der Waals surface area contributed by atoms with Crippen LogP contribution in [0.15, 0.2) is 18.2 Å². The number of halogens is 2. The fourth-order valence-corrected chi connectivity index (χ4v) is 3.82. The topological polar surface area (TPSA) is 41.1 Å². The first-order chi connectivity index (χ1) is 9.66. The number of hydrogen-bond acceptors (Lipinski definition) is 3. The van der Waals surface area contributed by atoms with E-state index in [1.165, 1.54) is 17.4 Å². The van der Waals surface area contributed by atoms with Crippen LogP contribution in [0, 0.1) is 12.7 Å². The van der Waals surface area contributed by atoms with Crippen molar-refractivity contribution in [2.75, 3.05) is 13.1 Å². The quantitative estimate of drug-likeness (QED) is 0.888. The van der Waals surface area contributed by atoms with Crippen molar-refractivity contribution in [3.8, 4) is 0 Å². The number of amides is 1. The van der Waals surface area contributed by atoms with Gasteiger partial charge in [-0.05, 0) is 44.0 Å². The normalized spacial score (nSPS) is 18.3. The smallest absolute Gasteiger partial charge is 0.261 e. The molecular weight excluding hydrogens is 311 g/mol. The van der Waals surface area contributed by atoms with Crippen molar-refractivity contribution >= 4 is 39.7 Å². The standard InChI is InChI=1S/C15H17FN2OS.ClH/c1-9-13-11(16)5-2-6-12(13)20-14(9)15(19)18-10-4-3-7-17-8-10;/h2,5-6,10,17H,3-4,7-8H2,1H3,(H,18,19);1H/t10-;/m0./s1. The molecule has 21 heavy (non-hydrogen) atoms. The van der Waals surface area contributed by atoms with Crippen LogP contribution in [-0.2, 0) is 0 Å². The summed E-state index contributed by atoms with van der Waals surface area (Å²) in [5.41, 5.74) is 0.740. The first-order valence-corrected chi connectivity index (χ1v) is 7.67. The van der Waals surface area contributed by atoms with Crippen molar-refractivity contribution in [3.63, 3.8) is 0 Å². The van der Waals surface area contributed by atoms with Crippen molar-refractivity contribution in [1.82, 2.24) is 10.6 Å². The molecule has 0 bridgehead atoms. The van der Waals surface area contributed by atoms with Crippen molar-refractivity contribution in [2.24, 2.45) is 0 Å². The molecule has 2 aromatic rings. The number of piperidine rings is 1. The predicted molar refractivity (Wildman–Crippen MR) is 87.1 cm³/mol.